The zero-order valence-corrected chi connectivity index (χ0v) is 14.6. The number of anilines is 2. The zero-order valence-electron chi connectivity index (χ0n) is 12.2. The van der Waals surface area contributed by atoms with Gasteiger partial charge in [-0.1, -0.05) is 52.8 Å². The molecule has 2 aromatic carbocycles. The van der Waals surface area contributed by atoms with E-state index in [1.165, 1.54) is 5.56 Å². The molecule has 0 unspecified atom stereocenters. The highest BCUT2D eigenvalue weighted by Gasteiger charge is 2.08. The Morgan fingerprint density at radius 3 is 2.65 bits per heavy atom. The maximum absolute atomic E-state index is 6.02. The van der Waals surface area contributed by atoms with Crippen molar-refractivity contribution in [2.45, 2.75) is 6.92 Å². The predicted molar refractivity (Wildman–Crippen MR) is 100 cm³/mol. The molecule has 4 aromatic rings. The number of nitrogens with one attached hydrogen (secondary N) is 1. The van der Waals surface area contributed by atoms with Gasteiger partial charge in [0.15, 0.2) is 10.3 Å². The average molecular weight is 358 g/mol. The molecule has 2 heterocycles. The fourth-order valence-electron chi connectivity index (χ4n) is 2.23. The highest BCUT2D eigenvalue weighted by atomic mass is 35.5. The zero-order chi connectivity index (χ0) is 15.8. The fourth-order valence-corrected chi connectivity index (χ4v) is 4.16. The number of benzene rings is 2. The minimum absolute atomic E-state index is 0.726. The molecule has 0 aliphatic rings. The Kier molecular flexibility index (Phi) is 3.77. The Morgan fingerprint density at radius 1 is 1.00 bits per heavy atom. The fraction of sp³-hybridized carbons (Fsp3) is 0.0588. The Balaban J connectivity index is 1.60. The molecule has 6 heteroatoms. The van der Waals surface area contributed by atoms with Crippen LogP contribution in [-0.4, -0.2) is 9.97 Å². The van der Waals surface area contributed by atoms with E-state index in [2.05, 4.69) is 51.9 Å². The van der Waals surface area contributed by atoms with Gasteiger partial charge in [-0.05, 0) is 25.1 Å². The smallest absolute Gasteiger partial charge is 0.190 e. The average Bonchev–Trinajstić information content (AvgIpc) is 3.14. The van der Waals surface area contributed by atoms with Gasteiger partial charge in [-0.2, -0.15) is 0 Å². The van der Waals surface area contributed by atoms with Crippen LogP contribution in [0.3, 0.4) is 0 Å². The van der Waals surface area contributed by atoms with Gasteiger partial charge in [0.05, 0.1) is 15.9 Å². The van der Waals surface area contributed by atoms with Crippen molar-refractivity contribution in [2.75, 3.05) is 5.32 Å². The number of halogens is 1. The van der Waals surface area contributed by atoms with Crippen LogP contribution in [-0.2, 0) is 0 Å². The molecule has 114 valence electrons. The lowest BCUT2D eigenvalue weighted by atomic mass is 10.1. The highest BCUT2D eigenvalue weighted by molar-refractivity contribution is 7.22. The Labute approximate surface area is 146 Å². The van der Waals surface area contributed by atoms with Crippen LogP contribution < -0.4 is 5.32 Å². The van der Waals surface area contributed by atoms with Crippen molar-refractivity contribution in [2.24, 2.45) is 0 Å². The molecule has 2 aromatic heterocycles. The summed E-state index contributed by atoms with van der Waals surface area (Å²) in [5.74, 6) is 0. The first-order chi connectivity index (χ1) is 11.2. The van der Waals surface area contributed by atoms with Gasteiger partial charge in [-0.15, -0.1) is 11.3 Å². The van der Waals surface area contributed by atoms with Gasteiger partial charge in [0.1, 0.15) is 0 Å². The van der Waals surface area contributed by atoms with Crippen LogP contribution in [0.2, 0.25) is 5.02 Å². The van der Waals surface area contributed by atoms with E-state index in [9.17, 15) is 0 Å². The van der Waals surface area contributed by atoms with Crippen LogP contribution in [0.1, 0.15) is 5.56 Å². The van der Waals surface area contributed by atoms with E-state index >= 15 is 0 Å². The van der Waals surface area contributed by atoms with Gasteiger partial charge in [0.25, 0.3) is 0 Å². The second-order valence-corrected chi connectivity index (χ2v) is 7.49. The van der Waals surface area contributed by atoms with E-state index < -0.39 is 0 Å². The number of aryl methyl sites for hydroxylation is 1. The highest BCUT2D eigenvalue weighted by Crippen LogP contribution is 2.32. The molecule has 0 fully saturated rings. The van der Waals surface area contributed by atoms with E-state index in [0.29, 0.717) is 0 Å². The van der Waals surface area contributed by atoms with E-state index in [1.54, 1.807) is 22.7 Å². The Bertz CT molecular complexity index is 973. The molecule has 0 saturated heterocycles. The van der Waals surface area contributed by atoms with Crippen LogP contribution in [0.5, 0.6) is 0 Å². The summed E-state index contributed by atoms with van der Waals surface area (Å²) >= 11 is 9.17. The number of hydrogen-bond acceptors (Lipinski definition) is 5. The molecule has 0 atom stereocenters. The molecule has 0 aliphatic heterocycles. The third-order valence-corrected chi connectivity index (χ3v) is 5.34. The molecular weight excluding hydrogens is 346 g/mol. The van der Waals surface area contributed by atoms with Crippen molar-refractivity contribution in [3.8, 4) is 11.3 Å². The van der Waals surface area contributed by atoms with Gasteiger partial charge in [-0.3, -0.25) is 0 Å². The summed E-state index contributed by atoms with van der Waals surface area (Å²) < 4.78 is 1.07. The molecule has 0 amide bonds. The molecule has 0 bridgehead atoms. The van der Waals surface area contributed by atoms with Gasteiger partial charge in [-0.25, -0.2) is 9.97 Å². The summed E-state index contributed by atoms with van der Waals surface area (Å²) in [6, 6.07) is 14.1. The number of hydrogen-bond donors (Lipinski definition) is 1. The predicted octanol–water partition coefficient (Wildman–Crippen LogP) is 6.13. The largest absolute Gasteiger partial charge is 0.307 e. The molecule has 0 spiro atoms. The molecular formula is C17H12ClN3S2. The Morgan fingerprint density at radius 2 is 1.83 bits per heavy atom. The summed E-state index contributed by atoms with van der Waals surface area (Å²) in [7, 11) is 0. The molecule has 23 heavy (non-hydrogen) atoms. The lowest BCUT2D eigenvalue weighted by molar-refractivity contribution is 1.36. The maximum Gasteiger partial charge on any atom is 0.190 e. The lowest BCUT2D eigenvalue weighted by Gasteiger charge is -1.98. The van der Waals surface area contributed by atoms with Crippen molar-refractivity contribution in [3.05, 3.63) is 58.4 Å². The number of rotatable bonds is 3. The minimum Gasteiger partial charge on any atom is -0.307 e. The van der Waals surface area contributed by atoms with Crippen molar-refractivity contribution in [1.29, 1.82) is 0 Å². The minimum atomic E-state index is 0.726. The van der Waals surface area contributed by atoms with Crippen LogP contribution in [0, 0.1) is 6.92 Å². The van der Waals surface area contributed by atoms with Crippen LogP contribution in [0.4, 0.5) is 10.3 Å². The summed E-state index contributed by atoms with van der Waals surface area (Å²) in [5.41, 5.74) is 4.28. The normalized spacial score (nSPS) is 11.0. The first kappa shape index (κ1) is 14.6. The molecule has 0 saturated carbocycles. The summed E-state index contributed by atoms with van der Waals surface area (Å²) in [6.07, 6.45) is 0. The van der Waals surface area contributed by atoms with Crippen molar-refractivity contribution in [1.82, 2.24) is 9.97 Å². The number of thiazole rings is 2. The van der Waals surface area contributed by atoms with Crippen LogP contribution in [0.25, 0.3) is 21.5 Å². The maximum atomic E-state index is 6.02. The van der Waals surface area contributed by atoms with Crippen molar-refractivity contribution < 1.29 is 0 Å². The molecule has 0 aliphatic carbocycles. The van der Waals surface area contributed by atoms with Gasteiger partial charge in [0, 0.05) is 16.0 Å². The van der Waals surface area contributed by atoms with E-state index in [4.69, 9.17) is 11.6 Å². The summed E-state index contributed by atoms with van der Waals surface area (Å²) in [6.45, 7) is 2.08. The van der Waals surface area contributed by atoms with Gasteiger partial charge >= 0.3 is 0 Å². The molecule has 4 rings (SSSR count). The van der Waals surface area contributed by atoms with E-state index in [0.717, 1.165) is 36.8 Å². The second kappa shape index (κ2) is 5.92. The molecule has 0 radical (unpaired) electrons. The van der Waals surface area contributed by atoms with E-state index in [1.807, 2.05) is 18.2 Å². The van der Waals surface area contributed by atoms with Gasteiger partial charge < -0.3 is 5.32 Å². The Hall–Kier alpha value is -1.95. The summed E-state index contributed by atoms with van der Waals surface area (Å²) in [4.78, 5) is 9.20. The number of nitrogens with zero attached hydrogens (tertiary/aromatic N) is 2. The SMILES string of the molecule is Cc1ccc(-c2csc(Nc3nc4ccc(Cl)cc4s3)n2)cc1. The first-order valence-corrected chi connectivity index (χ1v) is 9.10. The quantitative estimate of drug-likeness (QED) is 0.479. The molecule has 1 N–H and O–H groups in total. The standard InChI is InChI=1S/C17H12ClN3S2/c1-10-2-4-11(5-3-10)14-9-22-16(20-14)21-17-19-13-7-6-12(18)8-15(13)23-17/h2-9H,1H3,(H,19,20,21). The topological polar surface area (TPSA) is 37.8 Å². The van der Waals surface area contributed by atoms with Gasteiger partial charge in [0.2, 0.25) is 0 Å². The third kappa shape index (κ3) is 3.08. The van der Waals surface area contributed by atoms with Crippen LogP contribution in [0.15, 0.2) is 47.8 Å². The number of aromatic nitrogens is 2. The van der Waals surface area contributed by atoms with Crippen molar-refractivity contribution in [3.63, 3.8) is 0 Å². The van der Waals surface area contributed by atoms with Crippen LogP contribution >= 0.6 is 34.3 Å². The van der Waals surface area contributed by atoms with E-state index in [-0.39, 0.29) is 0 Å². The summed E-state index contributed by atoms with van der Waals surface area (Å²) in [5, 5.41) is 7.73. The number of fused-ring (bicyclic) bond motifs is 1. The molecule has 3 nitrogen and oxygen atoms in total. The second-order valence-electron chi connectivity index (χ2n) is 5.16. The third-order valence-electron chi connectivity index (χ3n) is 3.42. The lowest BCUT2D eigenvalue weighted by Crippen LogP contribution is -1.88. The first-order valence-electron chi connectivity index (χ1n) is 7.03. The van der Waals surface area contributed by atoms with Crippen molar-refractivity contribution >= 4 is 54.8 Å². The monoisotopic (exact) mass is 357 g/mol.